The quantitative estimate of drug-likeness (QED) is 0.294. The van der Waals surface area contributed by atoms with Gasteiger partial charge in [0.05, 0.1) is 18.0 Å². The Labute approximate surface area is 223 Å². The van der Waals surface area contributed by atoms with Crippen LogP contribution in [0.2, 0.25) is 0 Å². The highest BCUT2D eigenvalue weighted by atomic mass is 32.2. The first kappa shape index (κ1) is 27.3. The van der Waals surface area contributed by atoms with Gasteiger partial charge in [-0.05, 0) is 63.9 Å². The lowest BCUT2D eigenvalue weighted by Gasteiger charge is -2.23. The molecular weight excluding hydrogens is 504 g/mol. The molecule has 0 N–H and O–H groups in total. The van der Waals surface area contributed by atoms with Crippen LogP contribution in [0.3, 0.4) is 0 Å². The van der Waals surface area contributed by atoms with Gasteiger partial charge in [-0.25, -0.2) is 23.4 Å². The van der Waals surface area contributed by atoms with E-state index in [0.29, 0.717) is 35.4 Å². The molecule has 0 aliphatic carbocycles. The van der Waals surface area contributed by atoms with Crippen LogP contribution in [0, 0.1) is 20.8 Å². The number of benzene rings is 1. The van der Waals surface area contributed by atoms with Gasteiger partial charge < -0.3 is 9.47 Å². The van der Waals surface area contributed by atoms with Crippen LogP contribution in [-0.2, 0) is 20.3 Å². The standard InChI is InChI=1S/C27H32N6O4S/c1-7-37-25(26-28-14-17(2)15-29-26)20(5)38(34,35)16-23-31-32-27(21-12-9-11-19(4)30-21)33(23)24-18(3)10-8-13-22(24)36-6/h8-15,20,25H,7,16H2,1-6H3/t20-,25-/m0/s1. The predicted octanol–water partition coefficient (Wildman–Crippen LogP) is 4.13. The van der Waals surface area contributed by atoms with Crippen LogP contribution in [0.1, 0.15) is 48.4 Å². The molecule has 11 heteroatoms. The Morgan fingerprint density at radius 1 is 1.00 bits per heavy atom. The summed E-state index contributed by atoms with van der Waals surface area (Å²) >= 11 is 0. The van der Waals surface area contributed by atoms with Gasteiger partial charge in [-0.3, -0.25) is 4.57 Å². The first-order valence-electron chi connectivity index (χ1n) is 12.3. The Morgan fingerprint density at radius 3 is 2.37 bits per heavy atom. The average molecular weight is 537 g/mol. The zero-order valence-corrected chi connectivity index (χ0v) is 23.2. The summed E-state index contributed by atoms with van der Waals surface area (Å²) in [5.74, 6) is 1.15. The number of sulfone groups is 1. The van der Waals surface area contributed by atoms with Crippen molar-refractivity contribution in [3.05, 3.63) is 77.3 Å². The fourth-order valence-corrected chi connectivity index (χ4v) is 5.60. The van der Waals surface area contributed by atoms with Gasteiger partial charge in [0.25, 0.3) is 0 Å². The van der Waals surface area contributed by atoms with Crippen molar-refractivity contribution in [2.45, 2.75) is 51.7 Å². The van der Waals surface area contributed by atoms with E-state index in [1.165, 1.54) is 0 Å². The molecule has 0 aliphatic rings. The van der Waals surface area contributed by atoms with Crippen molar-refractivity contribution in [2.75, 3.05) is 13.7 Å². The second-order valence-electron chi connectivity index (χ2n) is 9.07. The Balaban J connectivity index is 1.82. The molecule has 0 saturated heterocycles. The molecule has 0 unspecified atom stereocenters. The number of rotatable bonds is 10. The highest BCUT2D eigenvalue weighted by Crippen LogP contribution is 2.33. The molecule has 1 aromatic carbocycles. The molecule has 4 aromatic rings. The molecule has 0 fully saturated rings. The maximum atomic E-state index is 13.8. The smallest absolute Gasteiger partial charge is 0.187 e. The van der Waals surface area contributed by atoms with E-state index in [0.717, 1.165) is 16.8 Å². The number of para-hydroxylation sites is 1. The van der Waals surface area contributed by atoms with Gasteiger partial charge in [-0.1, -0.05) is 18.2 Å². The molecule has 10 nitrogen and oxygen atoms in total. The van der Waals surface area contributed by atoms with E-state index in [1.54, 1.807) is 31.0 Å². The Morgan fingerprint density at radius 2 is 1.71 bits per heavy atom. The van der Waals surface area contributed by atoms with E-state index >= 15 is 0 Å². The maximum absolute atomic E-state index is 13.8. The number of methoxy groups -OCH3 is 1. The summed E-state index contributed by atoms with van der Waals surface area (Å²) in [6.07, 6.45) is 2.46. The molecule has 0 saturated carbocycles. The van der Waals surface area contributed by atoms with E-state index < -0.39 is 21.2 Å². The van der Waals surface area contributed by atoms with E-state index in [4.69, 9.17) is 9.47 Å². The van der Waals surface area contributed by atoms with Crippen molar-refractivity contribution in [2.24, 2.45) is 0 Å². The molecule has 200 valence electrons. The van der Waals surface area contributed by atoms with Crippen molar-refractivity contribution in [1.82, 2.24) is 29.7 Å². The molecule has 0 spiro atoms. The van der Waals surface area contributed by atoms with Crippen molar-refractivity contribution in [1.29, 1.82) is 0 Å². The van der Waals surface area contributed by atoms with Gasteiger partial charge in [-0.15, -0.1) is 10.2 Å². The van der Waals surface area contributed by atoms with Crippen molar-refractivity contribution < 1.29 is 17.9 Å². The first-order valence-corrected chi connectivity index (χ1v) is 14.0. The molecule has 0 bridgehead atoms. The predicted molar refractivity (Wildman–Crippen MR) is 144 cm³/mol. The lowest BCUT2D eigenvalue weighted by molar-refractivity contribution is 0.0556. The Kier molecular flexibility index (Phi) is 8.17. The molecule has 0 radical (unpaired) electrons. The summed E-state index contributed by atoms with van der Waals surface area (Å²) in [6, 6.07) is 11.2. The van der Waals surface area contributed by atoms with E-state index in [1.807, 2.05) is 64.1 Å². The molecular formula is C27H32N6O4S. The SMILES string of the molecule is CCO[C@H](c1ncc(C)cn1)[C@H](C)S(=O)(=O)Cc1nnc(-c2cccc(C)n2)n1-c1c(C)cccc1OC. The van der Waals surface area contributed by atoms with Crippen LogP contribution in [0.4, 0.5) is 0 Å². The molecule has 3 aromatic heterocycles. The largest absolute Gasteiger partial charge is 0.495 e. The average Bonchev–Trinajstić information content (AvgIpc) is 3.29. The highest BCUT2D eigenvalue weighted by Gasteiger charge is 2.35. The lowest BCUT2D eigenvalue weighted by Crippen LogP contribution is -2.30. The summed E-state index contributed by atoms with van der Waals surface area (Å²) in [5, 5.41) is 7.78. The Hall–Kier alpha value is -3.70. The topological polar surface area (TPSA) is 122 Å². The number of hydrogen-bond donors (Lipinski definition) is 0. The second kappa shape index (κ2) is 11.4. The molecule has 4 rings (SSSR count). The highest BCUT2D eigenvalue weighted by molar-refractivity contribution is 7.91. The van der Waals surface area contributed by atoms with Crippen molar-refractivity contribution in [3.8, 4) is 23.0 Å². The fourth-order valence-electron chi connectivity index (χ4n) is 4.21. The zero-order valence-electron chi connectivity index (χ0n) is 22.4. The van der Waals surface area contributed by atoms with E-state index in [2.05, 4.69) is 25.1 Å². The Bertz CT molecular complexity index is 1520. The number of pyridine rings is 1. The third-order valence-electron chi connectivity index (χ3n) is 6.22. The van der Waals surface area contributed by atoms with Gasteiger partial charge in [0.15, 0.2) is 27.3 Å². The normalized spacial score (nSPS) is 13.3. The maximum Gasteiger partial charge on any atom is 0.187 e. The monoisotopic (exact) mass is 536 g/mol. The number of aryl methyl sites for hydroxylation is 3. The van der Waals surface area contributed by atoms with Crippen LogP contribution < -0.4 is 4.74 Å². The van der Waals surface area contributed by atoms with Crippen LogP contribution in [0.25, 0.3) is 17.2 Å². The molecule has 0 amide bonds. The third-order valence-corrected chi connectivity index (χ3v) is 8.26. The van der Waals surface area contributed by atoms with Crippen molar-refractivity contribution >= 4 is 9.84 Å². The summed E-state index contributed by atoms with van der Waals surface area (Å²) in [7, 11) is -2.25. The number of nitrogens with zero attached hydrogens (tertiary/aromatic N) is 6. The second-order valence-corrected chi connectivity index (χ2v) is 11.4. The number of ether oxygens (including phenoxy) is 2. The van der Waals surface area contributed by atoms with Gasteiger partial charge in [0, 0.05) is 24.7 Å². The lowest BCUT2D eigenvalue weighted by atomic mass is 10.1. The summed E-state index contributed by atoms with van der Waals surface area (Å²) < 4.78 is 40.8. The summed E-state index contributed by atoms with van der Waals surface area (Å²) in [4.78, 5) is 13.3. The van der Waals surface area contributed by atoms with E-state index in [9.17, 15) is 8.42 Å². The van der Waals surface area contributed by atoms with Gasteiger partial charge in [0.2, 0.25) is 0 Å². The fraction of sp³-hybridized carbons (Fsp3) is 0.370. The van der Waals surface area contributed by atoms with Crippen LogP contribution in [0.5, 0.6) is 5.75 Å². The summed E-state index contributed by atoms with van der Waals surface area (Å²) in [6.45, 7) is 9.40. The minimum atomic E-state index is -3.82. The minimum absolute atomic E-state index is 0.239. The van der Waals surface area contributed by atoms with Crippen LogP contribution in [0.15, 0.2) is 48.8 Å². The molecule has 3 heterocycles. The summed E-state index contributed by atoms with van der Waals surface area (Å²) in [5.41, 5.74) is 3.76. The molecule has 38 heavy (non-hydrogen) atoms. The van der Waals surface area contributed by atoms with Gasteiger partial charge in [0.1, 0.15) is 23.3 Å². The molecule has 2 atom stereocenters. The zero-order chi connectivity index (χ0) is 27.4. The van der Waals surface area contributed by atoms with Crippen molar-refractivity contribution in [3.63, 3.8) is 0 Å². The minimum Gasteiger partial charge on any atom is -0.495 e. The van der Waals surface area contributed by atoms with Gasteiger partial charge >= 0.3 is 0 Å². The number of hydrogen-bond acceptors (Lipinski definition) is 9. The van der Waals surface area contributed by atoms with E-state index in [-0.39, 0.29) is 11.6 Å². The third kappa shape index (κ3) is 5.58. The van der Waals surface area contributed by atoms with Crippen LogP contribution in [-0.4, -0.2) is 57.1 Å². The number of aromatic nitrogens is 6. The first-order chi connectivity index (χ1) is 18.2. The molecule has 0 aliphatic heterocycles. The van der Waals surface area contributed by atoms with Gasteiger partial charge in [-0.2, -0.15) is 0 Å². The van der Waals surface area contributed by atoms with Crippen LogP contribution >= 0.6 is 0 Å².